The molecule has 2 atom stereocenters. The van der Waals surface area contributed by atoms with Crippen molar-refractivity contribution in [3.8, 4) is 0 Å². The highest BCUT2D eigenvalue weighted by Crippen LogP contribution is 2.20. The molecule has 3 N–H and O–H groups in total. The number of nitrogens with zero attached hydrogens (tertiary/aromatic N) is 1. The summed E-state index contributed by atoms with van der Waals surface area (Å²) in [7, 11) is 0. The Kier molecular flexibility index (Phi) is 8.03. The van der Waals surface area contributed by atoms with Crippen LogP contribution in [0.5, 0.6) is 0 Å². The first-order valence-corrected chi connectivity index (χ1v) is 9.56. The van der Waals surface area contributed by atoms with Gasteiger partial charge in [0.2, 0.25) is 5.91 Å². The van der Waals surface area contributed by atoms with Gasteiger partial charge in [0.05, 0.1) is 6.04 Å². The number of nitrogens with one attached hydrogen (secondary N) is 1. The Hall–Kier alpha value is -2.37. The van der Waals surface area contributed by atoms with Crippen LogP contribution in [0.15, 0.2) is 54.6 Å². The first kappa shape index (κ1) is 21.9. The van der Waals surface area contributed by atoms with E-state index in [0.29, 0.717) is 17.7 Å². The van der Waals surface area contributed by atoms with Crippen LogP contribution in [0.2, 0.25) is 0 Å². The minimum atomic E-state index is -0.622. The third-order valence-corrected chi connectivity index (χ3v) is 5.10. The molecule has 2 amide bonds. The van der Waals surface area contributed by atoms with Crippen molar-refractivity contribution in [1.82, 2.24) is 4.90 Å². The van der Waals surface area contributed by atoms with E-state index < -0.39 is 6.04 Å². The number of carbonyl (C=O) groups excluding carboxylic acids is 2. The number of hydrogen-bond donors (Lipinski definition) is 2. The van der Waals surface area contributed by atoms with E-state index in [1.165, 1.54) is 6.42 Å². The third kappa shape index (κ3) is 5.57. The Morgan fingerprint density at radius 3 is 2.43 bits per heavy atom. The first-order valence-electron chi connectivity index (χ1n) is 9.56. The molecule has 0 radical (unpaired) electrons. The lowest BCUT2D eigenvalue weighted by Crippen LogP contribution is -2.42. The lowest BCUT2D eigenvalue weighted by atomic mass is 10.0. The maximum atomic E-state index is 12.7. The van der Waals surface area contributed by atoms with Crippen molar-refractivity contribution >= 4 is 29.9 Å². The fourth-order valence-corrected chi connectivity index (χ4v) is 3.46. The number of anilines is 1. The van der Waals surface area contributed by atoms with Gasteiger partial charge in [-0.05, 0) is 62.4 Å². The minimum absolute atomic E-state index is 0. The number of amides is 2. The lowest BCUT2D eigenvalue weighted by Gasteiger charge is -2.33. The van der Waals surface area contributed by atoms with Crippen LogP contribution in [0.1, 0.15) is 42.1 Å². The highest BCUT2D eigenvalue weighted by atomic mass is 35.5. The Morgan fingerprint density at radius 1 is 1.11 bits per heavy atom. The minimum Gasteiger partial charge on any atom is -0.336 e. The number of carbonyl (C=O) groups is 2. The van der Waals surface area contributed by atoms with Gasteiger partial charge in [0, 0.05) is 23.8 Å². The maximum Gasteiger partial charge on any atom is 0.254 e. The number of rotatable bonds is 5. The smallest absolute Gasteiger partial charge is 0.254 e. The van der Waals surface area contributed by atoms with Crippen molar-refractivity contribution in [2.75, 3.05) is 11.9 Å². The second-order valence-electron chi connectivity index (χ2n) is 7.21. The molecule has 5 nitrogen and oxygen atoms in total. The second kappa shape index (κ2) is 10.2. The second-order valence-corrected chi connectivity index (χ2v) is 7.21. The van der Waals surface area contributed by atoms with Crippen molar-refractivity contribution in [1.29, 1.82) is 0 Å². The van der Waals surface area contributed by atoms with Gasteiger partial charge in [-0.1, -0.05) is 30.3 Å². The number of hydrogen-bond acceptors (Lipinski definition) is 3. The van der Waals surface area contributed by atoms with Gasteiger partial charge in [0.1, 0.15) is 0 Å². The van der Waals surface area contributed by atoms with Gasteiger partial charge in [-0.3, -0.25) is 9.59 Å². The molecule has 1 heterocycles. The Labute approximate surface area is 172 Å². The molecule has 1 fully saturated rings. The molecule has 3 rings (SSSR count). The van der Waals surface area contributed by atoms with Crippen molar-refractivity contribution in [2.45, 2.75) is 44.7 Å². The van der Waals surface area contributed by atoms with Gasteiger partial charge >= 0.3 is 0 Å². The predicted molar refractivity (Wildman–Crippen MR) is 115 cm³/mol. The van der Waals surface area contributed by atoms with Crippen LogP contribution in [0, 0.1) is 0 Å². The standard InChI is InChI=1S/C22H27N3O2.ClH/c1-16-7-5-6-14-25(16)22(27)18-10-12-19(13-11-18)24-21(26)20(23)15-17-8-3-2-4-9-17;/h2-4,8-13,16,20H,5-7,14-15,23H2,1H3,(H,24,26);1H/t16?,20-;/m0./s1. The molecular weight excluding hydrogens is 374 g/mol. The monoisotopic (exact) mass is 401 g/mol. The normalized spacial score (nSPS) is 17.4. The van der Waals surface area contributed by atoms with Gasteiger partial charge < -0.3 is 16.0 Å². The molecule has 2 aromatic rings. The highest BCUT2D eigenvalue weighted by molar-refractivity contribution is 5.97. The number of likely N-dealkylation sites (tertiary alicyclic amines) is 1. The molecule has 6 heteroatoms. The molecule has 2 aromatic carbocycles. The third-order valence-electron chi connectivity index (χ3n) is 5.10. The average molecular weight is 402 g/mol. The summed E-state index contributed by atoms with van der Waals surface area (Å²) in [4.78, 5) is 26.9. The van der Waals surface area contributed by atoms with E-state index >= 15 is 0 Å². The number of halogens is 1. The summed E-state index contributed by atoms with van der Waals surface area (Å²) < 4.78 is 0. The van der Waals surface area contributed by atoms with E-state index in [1.807, 2.05) is 35.2 Å². The number of benzene rings is 2. The molecule has 1 aliphatic heterocycles. The summed E-state index contributed by atoms with van der Waals surface area (Å²) in [5.74, 6) is -0.177. The van der Waals surface area contributed by atoms with Gasteiger partial charge in [0.15, 0.2) is 0 Å². The van der Waals surface area contributed by atoms with Crippen LogP contribution in [-0.4, -0.2) is 35.3 Å². The molecule has 0 aliphatic carbocycles. The largest absolute Gasteiger partial charge is 0.336 e. The Bertz CT molecular complexity index is 780. The molecule has 1 unspecified atom stereocenters. The van der Waals surface area contributed by atoms with E-state index in [1.54, 1.807) is 24.3 Å². The van der Waals surface area contributed by atoms with Crippen LogP contribution < -0.4 is 11.1 Å². The Balaban J connectivity index is 0.00000280. The summed E-state index contributed by atoms with van der Waals surface area (Å²) in [5, 5.41) is 2.83. The molecular formula is C22H28ClN3O2. The SMILES string of the molecule is CC1CCCCN1C(=O)c1ccc(NC(=O)[C@@H](N)Cc2ccccc2)cc1.Cl. The van der Waals surface area contributed by atoms with Gasteiger partial charge in [-0.25, -0.2) is 0 Å². The quantitative estimate of drug-likeness (QED) is 0.803. The van der Waals surface area contributed by atoms with E-state index in [0.717, 1.165) is 24.9 Å². The predicted octanol–water partition coefficient (Wildman–Crippen LogP) is 3.63. The van der Waals surface area contributed by atoms with Gasteiger partial charge in [0.25, 0.3) is 5.91 Å². The Morgan fingerprint density at radius 2 is 1.79 bits per heavy atom. The molecule has 0 saturated carbocycles. The van der Waals surface area contributed by atoms with Crippen molar-refractivity contribution in [3.05, 3.63) is 65.7 Å². The first-order chi connectivity index (χ1) is 13.0. The lowest BCUT2D eigenvalue weighted by molar-refractivity contribution is -0.117. The van der Waals surface area contributed by atoms with Crippen LogP contribution in [0.3, 0.4) is 0 Å². The highest BCUT2D eigenvalue weighted by Gasteiger charge is 2.24. The summed E-state index contributed by atoms with van der Waals surface area (Å²) >= 11 is 0. The van der Waals surface area contributed by atoms with E-state index in [4.69, 9.17) is 5.73 Å². The molecule has 1 aliphatic rings. The molecule has 0 bridgehead atoms. The van der Waals surface area contributed by atoms with Gasteiger partial charge in [-0.15, -0.1) is 12.4 Å². The summed E-state index contributed by atoms with van der Waals surface area (Å²) in [6.07, 6.45) is 3.78. The number of piperidine rings is 1. The topological polar surface area (TPSA) is 75.4 Å². The van der Waals surface area contributed by atoms with Crippen molar-refractivity contribution in [3.63, 3.8) is 0 Å². The molecule has 0 spiro atoms. The van der Waals surface area contributed by atoms with Crippen molar-refractivity contribution < 1.29 is 9.59 Å². The fraction of sp³-hybridized carbons (Fsp3) is 0.364. The number of nitrogens with two attached hydrogens (primary N) is 1. The average Bonchev–Trinajstić information content (AvgIpc) is 2.69. The molecule has 0 aromatic heterocycles. The van der Waals surface area contributed by atoms with E-state index in [2.05, 4.69) is 12.2 Å². The summed E-state index contributed by atoms with van der Waals surface area (Å²) in [6, 6.07) is 16.4. The van der Waals surface area contributed by atoms with E-state index in [-0.39, 0.29) is 30.3 Å². The summed E-state index contributed by atoms with van der Waals surface area (Å²) in [6.45, 7) is 2.91. The van der Waals surface area contributed by atoms with Gasteiger partial charge in [-0.2, -0.15) is 0 Å². The van der Waals surface area contributed by atoms with Crippen LogP contribution in [0.4, 0.5) is 5.69 Å². The maximum absolute atomic E-state index is 12.7. The van der Waals surface area contributed by atoms with E-state index in [9.17, 15) is 9.59 Å². The molecule has 28 heavy (non-hydrogen) atoms. The zero-order valence-corrected chi connectivity index (χ0v) is 17.0. The van der Waals surface area contributed by atoms with Crippen LogP contribution >= 0.6 is 12.4 Å². The molecule has 150 valence electrons. The van der Waals surface area contributed by atoms with Crippen LogP contribution in [0.25, 0.3) is 0 Å². The zero-order valence-electron chi connectivity index (χ0n) is 16.1. The van der Waals surface area contributed by atoms with Crippen molar-refractivity contribution in [2.24, 2.45) is 5.73 Å². The fourth-order valence-electron chi connectivity index (χ4n) is 3.46. The van der Waals surface area contributed by atoms with Crippen LogP contribution in [-0.2, 0) is 11.2 Å². The zero-order chi connectivity index (χ0) is 19.2. The molecule has 1 saturated heterocycles. The summed E-state index contributed by atoms with van der Waals surface area (Å²) in [5.41, 5.74) is 8.33.